The largest absolute Gasteiger partial charge is 0.384 e. The van der Waals surface area contributed by atoms with Gasteiger partial charge in [0, 0.05) is 30.9 Å². The van der Waals surface area contributed by atoms with Gasteiger partial charge < -0.3 is 26.7 Å². The Morgan fingerprint density at radius 3 is 2.97 bits per heavy atom. The van der Waals surface area contributed by atoms with Crippen LogP contribution in [0.5, 0.6) is 0 Å². The fraction of sp³-hybridized carbons (Fsp3) is 0.250. The summed E-state index contributed by atoms with van der Waals surface area (Å²) in [6.07, 6.45) is 4.90. The summed E-state index contributed by atoms with van der Waals surface area (Å²) in [7, 11) is 0. The number of piperidine rings is 1. The summed E-state index contributed by atoms with van der Waals surface area (Å²) in [5.41, 5.74) is 13.9. The van der Waals surface area contributed by atoms with Crippen molar-refractivity contribution in [2.75, 3.05) is 29.0 Å². The number of nitrogens with two attached hydrogens (primary N) is 2. The number of hydrogen-bond acceptors (Lipinski definition) is 6. The van der Waals surface area contributed by atoms with Gasteiger partial charge in [-0.1, -0.05) is 6.07 Å². The Morgan fingerprint density at radius 1 is 1.31 bits per heavy atom. The predicted octanol–water partition coefficient (Wildman–Crippen LogP) is 2.37. The molecular weight excluding hydrogens is 373 g/mol. The fourth-order valence-corrected chi connectivity index (χ4v) is 3.53. The lowest BCUT2D eigenvalue weighted by Crippen LogP contribution is -2.43. The lowest BCUT2D eigenvalue weighted by molar-refractivity contribution is 0.101. The van der Waals surface area contributed by atoms with Gasteiger partial charge in [-0.3, -0.25) is 4.79 Å². The molecule has 4 rings (SSSR count). The number of aromatic amines is 1. The molecule has 3 heterocycles. The zero-order chi connectivity index (χ0) is 20.4. The van der Waals surface area contributed by atoms with Crippen LogP contribution >= 0.6 is 0 Å². The quantitative estimate of drug-likeness (QED) is 0.537. The maximum atomic E-state index is 14.6. The molecule has 1 aliphatic heterocycles. The number of amides is 1. The van der Waals surface area contributed by atoms with Gasteiger partial charge in [-0.2, -0.15) is 0 Å². The lowest BCUT2D eigenvalue weighted by atomic mass is 10.1. The number of nitrogens with zero attached hydrogens (tertiary/aromatic N) is 3. The third-order valence-corrected chi connectivity index (χ3v) is 4.89. The fourth-order valence-electron chi connectivity index (χ4n) is 3.53. The van der Waals surface area contributed by atoms with Crippen LogP contribution in [0.2, 0.25) is 0 Å². The van der Waals surface area contributed by atoms with Gasteiger partial charge in [-0.15, -0.1) is 0 Å². The number of carbonyl (C=O) groups excluding carboxylic acids is 1. The van der Waals surface area contributed by atoms with Crippen molar-refractivity contribution in [2.24, 2.45) is 5.73 Å². The van der Waals surface area contributed by atoms with E-state index in [-0.39, 0.29) is 11.9 Å². The van der Waals surface area contributed by atoms with Gasteiger partial charge in [0.2, 0.25) is 0 Å². The third kappa shape index (κ3) is 4.04. The van der Waals surface area contributed by atoms with E-state index in [2.05, 4.69) is 20.3 Å². The zero-order valence-electron chi connectivity index (χ0n) is 15.7. The molecule has 1 fully saturated rings. The molecule has 1 saturated heterocycles. The first-order chi connectivity index (χ1) is 14.0. The number of halogens is 1. The number of anilines is 3. The van der Waals surface area contributed by atoms with E-state index in [9.17, 15) is 9.18 Å². The van der Waals surface area contributed by atoms with Gasteiger partial charge in [0.15, 0.2) is 5.82 Å². The minimum absolute atomic E-state index is 0.0210. The van der Waals surface area contributed by atoms with E-state index in [1.54, 1.807) is 36.7 Å². The van der Waals surface area contributed by atoms with Crippen molar-refractivity contribution in [3.8, 4) is 11.3 Å². The molecule has 1 atom stereocenters. The Hall–Kier alpha value is -3.46. The summed E-state index contributed by atoms with van der Waals surface area (Å²) in [4.78, 5) is 25.7. The molecule has 9 heteroatoms. The van der Waals surface area contributed by atoms with Crippen LogP contribution in [0.3, 0.4) is 0 Å². The molecule has 0 bridgehead atoms. The molecule has 29 heavy (non-hydrogen) atoms. The number of carbonyl (C=O) groups is 1. The summed E-state index contributed by atoms with van der Waals surface area (Å²) < 4.78 is 14.6. The van der Waals surface area contributed by atoms with Gasteiger partial charge in [-0.05, 0) is 37.1 Å². The SMILES string of the molecule is Nc1cc(-c2cnc(C(=O)Nc3cccc(F)c3N3CCCC(N)C3)[nH]2)ccn1. The predicted molar refractivity (Wildman–Crippen MR) is 110 cm³/mol. The van der Waals surface area contributed by atoms with E-state index in [0.717, 1.165) is 18.4 Å². The van der Waals surface area contributed by atoms with Crippen molar-refractivity contribution in [1.82, 2.24) is 15.0 Å². The molecule has 1 amide bonds. The minimum Gasteiger partial charge on any atom is -0.384 e. The highest BCUT2D eigenvalue weighted by Gasteiger charge is 2.23. The first-order valence-corrected chi connectivity index (χ1v) is 9.38. The number of H-pyrrole nitrogens is 1. The summed E-state index contributed by atoms with van der Waals surface area (Å²) in [6.45, 7) is 1.23. The number of rotatable bonds is 4. The molecule has 0 saturated carbocycles. The van der Waals surface area contributed by atoms with Crippen LogP contribution in [0.4, 0.5) is 21.6 Å². The highest BCUT2D eigenvalue weighted by atomic mass is 19.1. The average molecular weight is 395 g/mol. The van der Waals surface area contributed by atoms with Crippen LogP contribution in [0.1, 0.15) is 23.5 Å². The molecule has 6 N–H and O–H groups in total. The summed E-state index contributed by atoms with van der Waals surface area (Å²) >= 11 is 0. The Bertz CT molecular complexity index is 1040. The molecule has 8 nitrogen and oxygen atoms in total. The number of imidazole rings is 1. The first kappa shape index (κ1) is 18.9. The molecule has 2 aromatic heterocycles. The third-order valence-electron chi connectivity index (χ3n) is 4.89. The van der Waals surface area contributed by atoms with E-state index < -0.39 is 11.7 Å². The molecular formula is C20H22FN7O. The topological polar surface area (TPSA) is 126 Å². The van der Waals surface area contributed by atoms with Crippen LogP contribution < -0.4 is 21.7 Å². The number of aromatic nitrogens is 3. The normalized spacial score (nSPS) is 16.6. The molecule has 3 aromatic rings. The number of para-hydroxylation sites is 1. The van der Waals surface area contributed by atoms with Gasteiger partial charge in [-0.25, -0.2) is 14.4 Å². The molecule has 150 valence electrons. The second-order valence-electron chi connectivity index (χ2n) is 7.05. The van der Waals surface area contributed by atoms with E-state index in [4.69, 9.17) is 11.5 Å². The maximum absolute atomic E-state index is 14.6. The highest BCUT2D eigenvalue weighted by Crippen LogP contribution is 2.31. The monoisotopic (exact) mass is 395 g/mol. The Kier molecular flexibility index (Phi) is 5.13. The van der Waals surface area contributed by atoms with Gasteiger partial charge in [0.1, 0.15) is 11.6 Å². The van der Waals surface area contributed by atoms with Crippen LogP contribution in [-0.4, -0.2) is 40.0 Å². The Labute approximate surface area is 167 Å². The van der Waals surface area contributed by atoms with E-state index >= 15 is 0 Å². The first-order valence-electron chi connectivity index (χ1n) is 9.38. The van der Waals surface area contributed by atoms with Gasteiger partial charge in [0.25, 0.3) is 5.91 Å². The highest BCUT2D eigenvalue weighted by molar-refractivity contribution is 6.04. The van der Waals surface area contributed by atoms with Crippen molar-refractivity contribution in [3.05, 3.63) is 54.4 Å². The molecule has 0 aliphatic carbocycles. The summed E-state index contributed by atoms with van der Waals surface area (Å²) in [5, 5.41) is 2.76. The second-order valence-corrected chi connectivity index (χ2v) is 7.05. The van der Waals surface area contributed by atoms with E-state index in [0.29, 0.717) is 36.0 Å². The molecule has 1 aliphatic rings. The number of nitrogen functional groups attached to an aromatic ring is 1. The minimum atomic E-state index is -0.466. The van der Waals surface area contributed by atoms with Crippen molar-refractivity contribution in [1.29, 1.82) is 0 Å². The lowest BCUT2D eigenvalue weighted by Gasteiger charge is -2.34. The van der Waals surface area contributed by atoms with Gasteiger partial charge >= 0.3 is 0 Å². The Morgan fingerprint density at radius 2 is 2.17 bits per heavy atom. The van der Waals surface area contributed by atoms with Crippen molar-refractivity contribution >= 4 is 23.1 Å². The van der Waals surface area contributed by atoms with Crippen molar-refractivity contribution in [3.63, 3.8) is 0 Å². The van der Waals surface area contributed by atoms with Crippen LogP contribution in [0, 0.1) is 5.82 Å². The Balaban J connectivity index is 1.57. The standard InChI is InChI=1S/C20H22FN7O/c21-14-4-1-5-15(18(14)28-8-2-3-13(22)11-28)27-20(29)19-25-10-16(26-19)12-6-7-24-17(23)9-12/h1,4-7,9-10,13H,2-3,8,11,22H2,(H2,23,24)(H,25,26)(H,27,29). The molecule has 1 aromatic carbocycles. The van der Waals surface area contributed by atoms with Crippen molar-refractivity contribution < 1.29 is 9.18 Å². The van der Waals surface area contributed by atoms with Crippen LogP contribution in [0.25, 0.3) is 11.3 Å². The number of hydrogen-bond donors (Lipinski definition) is 4. The van der Waals surface area contributed by atoms with E-state index in [1.807, 2.05) is 4.90 Å². The summed E-state index contributed by atoms with van der Waals surface area (Å²) in [5.74, 6) is -0.385. The summed E-state index contributed by atoms with van der Waals surface area (Å²) in [6, 6.07) is 8.03. The molecule has 0 spiro atoms. The van der Waals surface area contributed by atoms with Crippen molar-refractivity contribution in [2.45, 2.75) is 18.9 Å². The van der Waals surface area contributed by atoms with Gasteiger partial charge in [0.05, 0.1) is 23.3 Å². The second kappa shape index (κ2) is 7.88. The van der Waals surface area contributed by atoms with Crippen LogP contribution in [0.15, 0.2) is 42.7 Å². The zero-order valence-corrected chi connectivity index (χ0v) is 15.7. The van der Waals surface area contributed by atoms with E-state index in [1.165, 1.54) is 6.07 Å². The smallest absolute Gasteiger partial charge is 0.291 e. The van der Waals surface area contributed by atoms with Crippen LogP contribution in [-0.2, 0) is 0 Å². The number of nitrogens with one attached hydrogen (secondary N) is 2. The molecule has 1 unspecified atom stereocenters. The number of pyridine rings is 1. The molecule has 0 radical (unpaired) electrons. The maximum Gasteiger partial charge on any atom is 0.291 e. The average Bonchev–Trinajstić information content (AvgIpc) is 3.18. The number of benzene rings is 1.